The van der Waals surface area contributed by atoms with Crippen LogP contribution in [0.1, 0.15) is 15.9 Å². The van der Waals surface area contributed by atoms with Crippen LogP contribution in [0.2, 0.25) is 0 Å². The predicted molar refractivity (Wildman–Crippen MR) is 116 cm³/mol. The molecule has 0 saturated carbocycles. The van der Waals surface area contributed by atoms with Gasteiger partial charge in [-0.3, -0.25) is 9.59 Å². The van der Waals surface area contributed by atoms with Crippen LogP contribution >= 0.6 is 0 Å². The van der Waals surface area contributed by atoms with Crippen LogP contribution in [-0.2, 0) is 11.3 Å². The van der Waals surface area contributed by atoms with Crippen molar-refractivity contribution in [1.82, 2.24) is 9.88 Å². The van der Waals surface area contributed by atoms with E-state index in [1.54, 1.807) is 81.1 Å². The molecule has 0 radical (unpaired) electrons. The van der Waals surface area contributed by atoms with Gasteiger partial charge in [0, 0.05) is 18.4 Å². The van der Waals surface area contributed by atoms with Gasteiger partial charge in [0.05, 0.1) is 19.8 Å². The Morgan fingerprint density at radius 3 is 2.16 bits per heavy atom. The van der Waals surface area contributed by atoms with E-state index in [2.05, 4.69) is 10.3 Å². The Balaban J connectivity index is 1.85. The minimum Gasteiger partial charge on any atom is -0.497 e. The van der Waals surface area contributed by atoms with E-state index in [-0.39, 0.29) is 12.1 Å². The lowest BCUT2D eigenvalue weighted by Crippen LogP contribution is -2.35. The SMILES string of the molecule is COc1ccc(CN(CC(=O)O)C(=O)c2cccnc2Nc2ccc(OC)cc2)cc1. The van der Waals surface area contributed by atoms with Gasteiger partial charge in [0.2, 0.25) is 0 Å². The second-order valence-electron chi connectivity index (χ2n) is 6.66. The number of hydrogen-bond acceptors (Lipinski definition) is 6. The van der Waals surface area contributed by atoms with Crippen molar-refractivity contribution in [2.75, 3.05) is 26.1 Å². The number of carbonyl (C=O) groups excluding carboxylic acids is 1. The second kappa shape index (κ2) is 10.1. The Labute approximate surface area is 180 Å². The van der Waals surface area contributed by atoms with E-state index < -0.39 is 18.4 Å². The minimum atomic E-state index is -1.10. The predicted octanol–water partition coefficient (Wildman–Crippen LogP) is 3.57. The van der Waals surface area contributed by atoms with Crippen molar-refractivity contribution in [3.05, 3.63) is 78.0 Å². The highest BCUT2D eigenvalue weighted by Gasteiger charge is 2.22. The average molecular weight is 421 g/mol. The summed E-state index contributed by atoms with van der Waals surface area (Å²) in [6, 6.07) is 17.5. The zero-order chi connectivity index (χ0) is 22.2. The first kappa shape index (κ1) is 21.6. The number of aliphatic carboxylic acids is 1. The molecule has 160 valence electrons. The molecule has 0 spiro atoms. The fourth-order valence-electron chi connectivity index (χ4n) is 2.97. The number of nitrogens with one attached hydrogen (secondary N) is 1. The van der Waals surface area contributed by atoms with Crippen molar-refractivity contribution >= 4 is 23.4 Å². The largest absolute Gasteiger partial charge is 0.497 e. The molecular formula is C23H23N3O5. The number of amides is 1. The average Bonchev–Trinajstić information content (AvgIpc) is 2.79. The summed E-state index contributed by atoms with van der Waals surface area (Å²) in [6.45, 7) is -0.312. The standard InChI is InChI=1S/C23H23N3O5/c1-30-18-9-5-16(6-10-18)14-26(15-21(27)28)23(29)20-4-3-13-24-22(20)25-17-7-11-19(31-2)12-8-17/h3-13H,14-15H2,1-2H3,(H,24,25)(H,27,28). The minimum absolute atomic E-state index is 0.131. The van der Waals surface area contributed by atoms with Crippen LogP contribution in [0.3, 0.4) is 0 Å². The van der Waals surface area contributed by atoms with Gasteiger partial charge in [-0.2, -0.15) is 0 Å². The molecule has 3 rings (SSSR count). The number of carboxylic acid groups (broad SMARTS) is 1. The first-order chi connectivity index (χ1) is 15.0. The van der Waals surface area contributed by atoms with Gasteiger partial charge in [-0.15, -0.1) is 0 Å². The molecule has 0 aliphatic heterocycles. The number of hydrogen-bond donors (Lipinski definition) is 2. The van der Waals surface area contributed by atoms with E-state index in [0.29, 0.717) is 23.0 Å². The highest BCUT2D eigenvalue weighted by molar-refractivity contribution is 6.00. The molecule has 8 heteroatoms. The molecule has 1 amide bonds. The number of aromatic nitrogens is 1. The van der Waals surface area contributed by atoms with Crippen LogP contribution in [-0.4, -0.2) is 47.6 Å². The number of carbonyl (C=O) groups is 2. The highest BCUT2D eigenvalue weighted by Crippen LogP contribution is 2.23. The normalized spacial score (nSPS) is 10.3. The Hall–Kier alpha value is -4.07. The topological polar surface area (TPSA) is 101 Å². The third-order valence-electron chi connectivity index (χ3n) is 4.54. The number of pyridine rings is 1. The molecule has 1 aromatic heterocycles. The molecule has 2 N–H and O–H groups in total. The maximum atomic E-state index is 13.3. The summed E-state index contributed by atoms with van der Waals surface area (Å²) < 4.78 is 10.3. The monoisotopic (exact) mass is 421 g/mol. The Kier molecular flexibility index (Phi) is 7.05. The Morgan fingerprint density at radius 1 is 0.968 bits per heavy atom. The molecule has 3 aromatic rings. The highest BCUT2D eigenvalue weighted by atomic mass is 16.5. The number of rotatable bonds is 9. The number of carboxylic acids is 1. The molecule has 0 fully saturated rings. The van der Waals surface area contributed by atoms with Gasteiger partial charge in [-0.05, 0) is 54.1 Å². The van der Waals surface area contributed by atoms with Gasteiger partial charge in [-0.25, -0.2) is 4.98 Å². The van der Waals surface area contributed by atoms with Crippen molar-refractivity contribution < 1.29 is 24.2 Å². The van der Waals surface area contributed by atoms with E-state index in [0.717, 1.165) is 5.56 Å². The third-order valence-corrected chi connectivity index (χ3v) is 4.54. The Bertz CT molecular complexity index is 1040. The summed E-state index contributed by atoms with van der Waals surface area (Å²) in [6.07, 6.45) is 1.56. The van der Waals surface area contributed by atoms with Gasteiger partial charge in [-0.1, -0.05) is 12.1 Å². The van der Waals surface area contributed by atoms with Gasteiger partial charge in [0.15, 0.2) is 0 Å². The zero-order valence-corrected chi connectivity index (χ0v) is 17.2. The van der Waals surface area contributed by atoms with Crippen LogP contribution in [0.15, 0.2) is 66.9 Å². The molecule has 0 aliphatic carbocycles. The summed E-state index contributed by atoms with van der Waals surface area (Å²) in [4.78, 5) is 30.2. The number of benzene rings is 2. The van der Waals surface area contributed by atoms with Crippen molar-refractivity contribution in [2.24, 2.45) is 0 Å². The van der Waals surface area contributed by atoms with E-state index in [1.165, 1.54) is 4.90 Å². The van der Waals surface area contributed by atoms with Crippen LogP contribution in [0.25, 0.3) is 0 Å². The molecule has 8 nitrogen and oxygen atoms in total. The first-order valence-electron chi connectivity index (χ1n) is 9.50. The molecular weight excluding hydrogens is 398 g/mol. The number of nitrogens with zero attached hydrogens (tertiary/aromatic N) is 2. The molecule has 1 heterocycles. The summed E-state index contributed by atoms with van der Waals surface area (Å²) >= 11 is 0. The summed E-state index contributed by atoms with van der Waals surface area (Å²) in [7, 11) is 3.15. The van der Waals surface area contributed by atoms with Crippen molar-refractivity contribution in [3.8, 4) is 11.5 Å². The van der Waals surface area contributed by atoms with E-state index in [1.807, 2.05) is 0 Å². The van der Waals surface area contributed by atoms with E-state index in [9.17, 15) is 14.7 Å². The van der Waals surface area contributed by atoms with Gasteiger partial charge in [0.25, 0.3) is 5.91 Å². The molecule has 2 aromatic carbocycles. The summed E-state index contributed by atoms with van der Waals surface area (Å²) in [5.74, 6) is 0.175. The lowest BCUT2D eigenvalue weighted by atomic mass is 10.1. The van der Waals surface area contributed by atoms with Crippen LogP contribution < -0.4 is 14.8 Å². The molecule has 31 heavy (non-hydrogen) atoms. The van der Waals surface area contributed by atoms with Crippen molar-refractivity contribution in [2.45, 2.75) is 6.54 Å². The molecule has 0 unspecified atom stereocenters. The number of anilines is 2. The molecule has 0 aliphatic rings. The van der Waals surface area contributed by atoms with Crippen LogP contribution in [0.5, 0.6) is 11.5 Å². The Morgan fingerprint density at radius 2 is 1.58 bits per heavy atom. The fraction of sp³-hybridized carbons (Fsp3) is 0.174. The van der Waals surface area contributed by atoms with Gasteiger partial charge >= 0.3 is 5.97 Å². The summed E-state index contributed by atoms with van der Waals surface area (Å²) in [5.41, 5.74) is 1.77. The maximum absolute atomic E-state index is 13.3. The maximum Gasteiger partial charge on any atom is 0.323 e. The van der Waals surface area contributed by atoms with Crippen molar-refractivity contribution in [1.29, 1.82) is 0 Å². The third kappa shape index (κ3) is 5.72. The summed E-state index contributed by atoms with van der Waals surface area (Å²) in [5, 5.41) is 12.5. The van der Waals surface area contributed by atoms with Crippen LogP contribution in [0.4, 0.5) is 11.5 Å². The lowest BCUT2D eigenvalue weighted by molar-refractivity contribution is -0.137. The van der Waals surface area contributed by atoms with E-state index in [4.69, 9.17) is 9.47 Å². The van der Waals surface area contributed by atoms with Gasteiger partial charge < -0.3 is 24.8 Å². The quantitative estimate of drug-likeness (QED) is 0.545. The van der Waals surface area contributed by atoms with Gasteiger partial charge in [0.1, 0.15) is 23.9 Å². The fourth-order valence-corrected chi connectivity index (χ4v) is 2.97. The number of methoxy groups -OCH3 is 2. The van der Waals surface area contributed by atoms with Crippen molar-refractivity contribution in [3.63, 3.8) is 0 Å². The molecule has 0 atom stereocenters. The van der Waals surface area contributed by atoms with E-state index >= 15 is 0 Å². The molecule has 0 bridgehead atoms. The number of ether oxygens (including phenoxy) is 2. The second-order valence-corrected chi connectivity index (χ2v) is 6.66. The molecule has 0 saturated heterocycles. The first-order valence-corrected chi connectivity index (χ1v) is 9.50. The lowest BCUT2D eigenvalue weighted by Gasteiger charge is -2.22. The zero-order valence-electron chi connectivity index (χ0n) is 17.2. The van der Waals surface area contributed by atoms with Crippen LogP contribution in [0, 0.1) is 0 Å². The smallest absolute Gasteiger partial charge is 0.323 e.